The topological polar surface area (TPSA) is 63.1 Å². The number of hydrogen-bond acceptors (Lipinski definition) is 6. The fourth-order valence-electron chi connectivity index (χ4n) is 3.24. The van der Waals surface area contributed by atoms with Crippen molar-refractivity contribution in [1.82, 2.24) is 19.7 Å². The van der Waals surface area contributed by atoms with Crippen molar-refractivity contribution in [2.45, 2.75) is 19.1 Å². The molecule has 0 saturated carbocycles. The molecule has 30 heavy (non-hydrogen) atoms. The van der Waals surface area contributed by atoms with Crippen molar-refractivity contribution in [3.05, 3.63) is 67.4 Å². The number of rotatable bonds is 5. The van der Waals surface area contributed by atoms with E-state index in [2.05, 4.69) is 31.7 Å². The second-order valence-electron chi connectivity index (χ2n) is 6.81. The Hall–Kier alpha value is -2.43. The molecule has 0 fully saturated rings. The van der Waals surface area contributed by atoms with Crippen LogP contribution >= 0.6 is 22.9 Å². The van der Waals surface area contributed by atoms with Gasteiger partial charge in [0.1, 0.15) is 5.02 Å². The monoisotopic (exact) mass is 455 g/mol. The summed E-state index contributed by atoms with van der Waals surface area (Å²) >= 11 is 7.96. The molecule has 1 N–H and O–H groups in total. The van der Waals surface area contributed by atoms with Gasteiger partial charge in [-0.15, -0.1) is 11.3 Å². The van der Waals surface area contributed by atoms with E-state index in [-0.39, 0.29) is 10.8 Å². The summed E-state index contributed by atoms with van der Waals surface area (Å²) in [5.41, 5.74) is 0.168. The lowest BCUT2D eigenvalue weighted by Crippen LogP contribution is -2.34. The van der Waals surface area contributed by atoms with Crippen LogP contribution in [0.5, 0.6) is 0 Å². The Morgan fingerprint density at radius 1 is 1.23 bits per heavy atom. The molecule has 4 rings (SSSR count). The lowest BCUT2D eigenvalue weighted by atomic mass is 10.1. The Labute approximate surface area is 178 Å². The molecule has 0 unspecified atom stereocenters. The molecule has 0 bridgehead atoms. The minimum atomic E-state index is -4.51. The van der Waals surface area contributed by atoms with Crippen LogP contribution in [0.25, 0.3) is 5.82 Å². The van der Waals surface area contributed by atoms with Crippen LogP contribution in [0, 0.1) is 0 Å². The lowest BCUT2D eigenvalue weighted by molar-refractivity contribution is -0.137. The smallest absolute Gasteiger partial charge is 0.381 e. The Morgan fingerprint density at radius 2 is 2.07 bits per heavy atom. The Bertz CT molecular complexity index is 1100. The normalized spacial score (nSPS) is 14.5. The van der Waals surface area contributed by atoms with Crippen molar-refractivity contribution in [2.24, 2.45) is 0 Å². The maximum atomic E-state index is 12.7. The van der Waals surface area contributed by atoms with Crippen LogP contribution in [0.3, 0.4) is 0 Å². The Balaban J connectivity index is 1.41. The molecule has 4 heterocycles. The van der Waals surface area contributed by atoms with Crippen molar-refractivity contribution in [1.29, 1.82) is 0 Å². The van der Waals surface area contributed by atoms with E-state index in [1.807, 2.05) is 0 Å². The van der Waals surface area contributed by atoms with E-state index in [9.17, 15) is 18.0 Å². The number of alkyl halides is 3. The van der Waals surface area contributed by atoms with Gasteiger partial charge in [0.25, 0.3) is 5.56 Å². The SMILES string of the molecule is O=c1c(Cl)c(NCCN2CCc3sccc3C2)cnn1-c1ccc(C(F)(F)F)cn1. The number of halogens is 4. The third-order valence-corrected chi connectivity index (χ3v) is 6.23. The first-order valence-electron chi connectivity index (χ1n) is 9.16. The zero-order valence-electron chi connectivity index (χ0n) is 15.6. The maximum Gasteiger partial charge on any atom is 0.417 e. The molecule has 0 amide bonds. The fraction of sp³-hybridized carbons (Fsp3) is 0.316. The number of hydrogen-bond donors (Lipinski definition) is 1. The van der Waals surface area contributed by atoms with Crippen molar-refractivity contribution < 1.29 is 13.2 Å². The standard InChI is InChI=1S/C19H17ClF3N5OS/c20-17-14(24-5-7-27-6-3-15-12(11-27)4-8-30-15)10-26-28(18(17)29)16-2-1-13(9-25-16)19(21,22)23/h1-2,4,8-10,24H,3,5-7,11H2. The van der Waals surface area contributed by atoms with Crippen LogP contribution < -0.4 is 10.9 Å². The van der Waals surface area contributed by atoms with E-state index in [1.165, 1.54) is 16.6 Å². The first kappa shape index (κ1) is 20.8. The van der Waals surface area contributed by atoms with Gasteiger partial charge in [0, 0.05) is 37.3 Å². The summed E-state index contributed by atoms with van der Waals surface area (Å²) in [6.07, 6.45) is -1.45. The van der Waals surface area contributed by atoms with E-state index < -0.39 is 17.3 Å². The van der Waals surface area contributed by atoms with E-state index in [4.69, 9.17) is 11.6 Å². The third-order valence-electron chi connectivity index (χ3n) is 4.84. The zero-order valence-corrected chi connectivity index (χ0v) is 17.2. The van der Waals surface area contributed by atoms with Gasteiger partial charge in [0.15, 0.2) is 5.82 Å². The van der Waals surface area contributed by atoms with E-state index in [0.29, 0.717) is 18.4 Å². The highest BCUT2D eigenvalue weighted by Crippen LogP contribution is 2.28. The molecule has 11 heteroatoms. The summed E-state index contributed by atoms with van der Waals surface area (Å²) in [6, 6.07) is 4.07. The second kappa shape index (κ2) is 8.37. The molecule has 0 saturated heterocycles. The van der Waals surface area contributed by atoms with E-state index in [0.717, 1.165) is 42.9 Å². The molecule has 3 aromatic rings. The zero-order chi connectivity index (χ0) is 21.3. The predicted molar refractivity (Wildman–Crippen MR) is 109 cm³/mol. The average Bonchev–Trinajstić information content (AvgIpc) is 3.19. The molecule has 0 spiro atoms. The van der Waals surface area contributed by atoms with Crippen molar-refractivity contribution in [2.75, 3.05) is 25.0 Å². The predicted octanol–water partition coefficient (Wildman–Crippen LogP) is 3.83. The van der Waals surface area contributed by atoms with Gasteiger partial charge in [-0.3, -0.25) is 9.69 Å². The molecule has 158 valence electrons. The molecular weight excluding hydrogens is 439 g/mol. The van der Waals surface area contributed by atoms with Gasteiger partial charge in [-0.1, -0.05) is 11.6 Å². The first-order chi connectivity index (χ1) is 14.3. The van der Waals surface area contributed by atoms with Crippen molar-refractivity contribution >= 4 is 28.6 Å². The van der Waals surface area contributed by atoms with E-state index in [1.54, 1.807) is 11.3 Å². The molecular formula is C19H17ClF3N5OS. The van der Waals surface area contributed by atoms with Crippen LogP contribution in [0.2, 0.25) is 5.02 Å². The molecule has 0 atom stereocenters. The summed E-state index contributed by atoms with van der Waals surface area (Å²) in [6.45, 7) is 3.22. The number of fused-ring (bicyclic) bond motifs is 1. The van der Waals surface area contributed by atoms with Gasteiger partial charge < -0.3 is 5.32 Å². The molecule has 0 aromatic carbocycles. The minimum absolute atomic E-state index is 0.0404. The molecule has 6 nitrogen and oxygen atoms in total. The number of pyridine rings is 1. The van der Waals surface area contributed by atoms with Gasteiger partial charge in [-0.2, -0.15) is 23.0 Å². The highest BCUT2D eigenvalue weighted by molar-refractivity contribution is 7.10. The quantitative estimate of drug-likeness (QED) is 0.633. The number of nitrogens with zero attached hydrogens (tertiary/aromatic N) is 4. The second-order valence-corrected chi connectivity index (χ2v) is 8.19. The third kappa shape index (κ3) is 4.35. The minimum Gasteiger partial charge on any atom is -0.381 e. The van der Waals surface area contributed by atoms with E-state index >= 15 is 0 Å². The van der Waals surface area contributed by atoms with Crippen LogP contribution in [0.4, 0.5) is 18.9 Å². The van der Waals surface area contributed by atoms with Crippen LogP contribution in [0.1, 0.15) is 16.0 Å². The number of anilines is 1. The summed E-state index contributed by atoms with van der Waals surface area (Å²) in [4.78, 5) is 19.9. The van der Waals surface area contributed by atoms with Gasteiger partial charge in [0.2, 0.25) is 0 Å². The van der Waals surface area contributed by atoms with Gasteiger partial charge in [-0.25, -0.2) is 4.98 Å². The summed E-state index contributed by atoms with van der Waals surface area (Å²) in [7, 11) is 0. The highest BCUT2D eigenvalue weighted by atomic mass is 35.5. The highest BCUT2D eigenvalue weighted by Gasteiger charge is 2.30. The summed E-state index contributed by atoms with van der Waals surface area (Å²) < 4.78 is 38.9. The number of aromatic nitrogens is 3. The fourth-order valence-corrected chi connectivity index (χ4v) is 4.33. The Kier molecular flexibility index (Phi) is 5.81. The van der Waals surface area contributed by atoms with Crippen molar-refractivity contribution in [3.63, 3.8) is 0 Å². The molecule has 1 aliphatic rings. The summed E-state index contributed by atoms with van der Waals surface area (Å²) in [5.74, 6) is -0.0404. The lowest BCUT2D eigenvalue weighted by Gasteiger charge is -2.26. The van der Waals surface area contributed by atoms with Crippen LogP contribution in [0.15, 0.2) is 40.8 Å². The van der Waals surface area contributed by atoms with Crippen LogP contribution in [-0.2, 0) is 19.1 Å². The Morgan fingerprint density at radius 3 is 2.80 bits per heavy atom. The maximum absolute atomic E-state index is 12.7. The van der Waals surface area contributed by atoms with Gasteiger partial charge in [-0.05, 0) is 35.6 Å². The summed E-state index contributed by atoms with van der Waals surface area (Å²) in [5, 5.41) is 9.12. The largest absolute Gasteiger partial charge is 0.417 e. The molecule has 0 radical (unpaired) electrons. The average molecular weight is 456 g/mol. The number of nitrogens with one attached hydrogen (secondary N) is 1. The first-order valence-corrected chi connectivity index (χ1v) is 10.4. The molecule has 3 aromatic heterocycles. The molecule has 0 aliphatic carbocycles. The van der Waals surface area contributed by atoms with Crippen molar-refractivity contribution in [3.8, 4) is 5.82 Å². The molecule has 1 aliphatic heterocycles. The van der Waals surface area contributed by atoms with Crippen LogP contribution in [-0.4, -0.2) is 39.3 Å². The number of thiophene rings is 1. The van der Waals surface area contributed by atoms with Gasteiger partial charge in [0.05, 0.1) is 17.4 Å². The van der Waals surface area contributed by atoms with Gasteiger partial charge >= 0.3 is 6.18 Å².